The number of hydrogen-bond donors (Lipinski definition) is 3. The first-order valence-corrected chi connectivity index (χ1v) is 13.3. The molecular weight excluding hydrogens is 540 g/mol. The van der Waals surface area contributed by atoms with Gasteiger partial charge in [0.25, 0.3) is 5.91 Å². The van der Waals surface area contributed by atoms with Crippen molar-refractivity contribution in [2.75, 3.05) is 13.7 Å². The van der Waals surface area contributed by atoms with Crippen LogP contribution in [-0.4, -0.2) is 42.1 Å². The fourth-order valence-electron chi connectivity index (χ4n) is 5.46. The molecule has 0 spiro atoms. The van der Waals surface area contributed by atoms with E-state index in [0.29, 0.717) is 0 Å². The molecule has 1 aliphatic carbocycles. The van der Waals surface area contributed by atoms with Crippen LogP contribution in [0.15, 0.2) is 65.6 Å². The van der Waals surface area contributed by atoms with Crippen molar-refractivity contribution >= 4 is 34.0 Å². The molecule has 1 aliphatic heterocycles. The number of aryl methyl sites for hydroxylation is 1. The number of benzene rings is 3. The predicted octanol–water partition coefficient (Wildman–Crippen LogP) is 3.86. The molecule has 3 aromatic carbocycles. The maximum absolute atomic E-state index is 13.9. The van der Waals surface area contributed by atoms with E-state index in [-0.39, 0.29) is 64.3 Å². The molecule has 10 heteroatoms. The van der Waals surface area contributed by atoms with Crippen LogP contribution < -0.4 is 20.3 Å². The average Bonchev–Trinajstić information content (AvgIpc) is 3.25. The first-order valence-electron chi connectivity index (χ1n) is 13.3. The van der Waals surface area contributed by atoms with Gasteiger partial charge >= 0.3 is 0 Å². The molecule has 1 atom stereocenters. The Bertz CT molecular complexity index is 1750. The number of ether oxygens (including phenoxy) is 2. The van der Waals surface area contributed by atoms with Crippen molar-refractivity contribution in [1.82, 2.24) is 10.8 Å². The zero-order valence-corrected chi connectivity index (χ0v) is 23.8. The molecule has 3 aromatic rings. The van der Waals surface area contributed by atoms with Crippen LogP contribution in [0.25, 0.3) is 10.8 Å². The van der Waals surface area contributed by atoms with Gasteiger partial charge in [0, 0.05) is 24.4 Å². The van der Waals surface area contributed by atoms with Gasteiger partial charge in [-0.25, -0.2) is 0 Å². The van der Waals surface area contributed by atoms with Crippen LogP contribution in [-0.2, 0) is 31.2 Å². The molecule has 0 saturated carbocycles. The van der Waals surface area contributed by atoms with Crippen molar-refractivity contribution in [1.29, 1.82) is 0 Å². The third-order valence-electron chi connectivity index (χ3n) is 7.64. The second-order valence-corrected chi connectivity index (χ2v) is 10.5. The Morgan fingerprint density at radius 3 is 2.55 bits per heavy atom. The number of hydroxylamine groups is 1. The van der Waals surface area contributed by atoms with E-state index in [0.717, 1.165) is 28.0 Å². The Hall–Kier alpha value is -4.96. The predicted molar refractivity (Wildman–Crippen MR) is 153 cm³/mol. The Kier molecular flexibility index (Phi) is 7.34. The van der Waals surface area contributed by atoms with Crippen molar-refractivity contribution in [2.24, 2.45) is 0 Å². The number of phenols is 1. The summed E-state index contributed by atoms with van der Waals surface area (Å²) in [6.07, 6.45) is 1.15. The number of fused-ring (bicyclic) bond motifs is 4. The van der Waals surface area contributed by atoms with Crippen LogP contribution in [0.1, 0.15) is 47.8 Å². The molecule has 3 N–H and O–H groups in total. The van der Waals surface area contributed by atoms with Crippen LogP contribution in [0.3, 0.4) is 0 Å². The summed E-state index contributed by atoms with van der Waals surface area (Å²) in [5.74, 6) is -2.54. The molecule has 1 heterocycles. The minimum absolute atomic E-state index is 0.0230. The Morgan fingerprint density at radius 2 is 1.83 bits per heavy atom. The number of methoxy groups -OCH3 is 1. The number of aromatic hydroxyl groups is 1. The second-order valence-electron chi connectivity index (χ2n) is 10.5. The van der Waals surface area contributed by atoms with Gasteiger partial charge in [0.15, 0.2) is 23.1 Å². The SMILES string of the molecule is COc1cc(O)c2c(c1C(=O)NCc1c(C)ccc3ccccc13)OC1=CC(=O)/C(=C(/C)NOCC(C)=O)C(=O)[C@]12C. The summed E-state index contributed by atoms with van der Waals surface area (Å²) in [5.41, 5.74) is 2.66. The largest absolute Gasteiger partial charge is 0.507 e. The third-order valence-corrected chi connectivity index (χ3v) is 7.64. The van der Waals surface area contributed by atoms with Gasteiger partial charge in [0.05, 0.1) is 18.2 Å². The number of hydrogen-bond acceptors (Lipinski definition) is 9. The van der Waals surface area contributed by atoms with Crippen molar-refractivity contribution in [3.8, 4) is 17.2 Å². The van der Waals surface area contributed by atoms with Crippen LogP contribution >= 0.6 is 0 Å². The number of allylic oxidation sites excluding steroid dienone is 4. The van der Waals surface area contributed by atoms with E-state index < -0.39 is 22.9 Å². The first-order chi connectivity index (χ1) is 20.0. The van der Waals surface area contributed by atoms with Gasteiger partial charge in [-0.2, -0.15) is 0 Å². The molecule has 0 bridgehead atoms. The summed E-state index contributed by atoms with van der Waals surface area (Å²) in [6, 6.07) is 13.1. The van der Waals surface area contributed by atoms with E-state index in [9.17, 15) is 24.3 Å². The van der Waals surface area contributed by atoms with Crippen LogP contribution in [0.5, 0.6) is 17.2 Å². The van der Waals surface area contributed by atoms with Gasteiger partial charge in [0.1, 0.15) is 34.8 Å². The molecule has 216 valence electrons. The lowest BCUT2D eigenvalue weighted by Crippen LogP contribution is -2.41. The lowest BCUT2D eigenvalue weighted by molar-refractivity contribution is -0.123. The van der Waals surface area contributed by atoms with Gasteiger partial charge in [-0.05, 0) is 49.6 Å². The Balaban J connectivity index is 1.55. The van der Waals surface area contributed by atoms with Crippen molar-refractivity contribution in [3.63, 3.8) is 0 Å². The van der Waals surface area contributed by atoms with Gasteiger partial charge in [0.2, 0.25) is 0 Å². The van der Waals surface area contributed by atoms with Crippen molar-refractivity contribution in [2.45, 2.75) is 39.7 Å². The number of carbonyl (C=O) groups is 4. The molecule has 0 radical (unpaired) electrons. The fraction of sp³-hybridized carbons (Fsp3) is 0.250. The highest BCUT2D eigenvalue weighted by Gasteiger charge is 2.56. The monoisotopic (exact) mass is 570 g/mol. The van der Waals surface area contributed by atoms with E-state index in [1.54, 1.807) is 0 Å². The molecule has 42 heavy (non-hydrogen) atoms. The third kappa shape index (κ3) is 4.59. The molecule has 0 unspecified atom stereocenters. The average molecular weight is 571 g/mol. The van der Waals surface area contributed by atoms with Gasteiger partial charge in [-0.1, -0.05) is 36.4 Å². The minimum atomic E-state index is -1.63. The van der Waals surface area contributed by atoms with Crippen molar-refractivity contribution in [3.05, 3.63) is 87.8 Å². The Labute approximate surface area is 241 Å². The fourth-order valence-corrected chi connectivity index (χ4v) is 5.46. The molecule has 5 rings (SSSR count). The quantitative estimate of drug-likeness (QED) is 0.209. The lowest BCUT2D eigenvalue weighted by atomic mass is 9.70. The van der Waals surface area contributed by atoms with E-state index in [2.05, 4.69) is 10.8 Å². The normalized spacial score (nSPS) is 18.5. The number of ketones is 3. The highest BCUT2D eigenvalue weighted by molar-refractivity contribution is 6.31. The molecular formula is C32H30N2O8. The number of amides is 1. The molecule has 0 aromatic heterocycles. The molecule has 0 fully saturated rings. The van der Waals surface area contributed by atoms with Gasteiger partial charge in [-0.15, -0.1) is 0 Å². The number of nitrogens with one attached hydrogen (secondary N) is 2. The van der Waals surface area contributed by atoms with Crippen LogP contribution in [0.2, 0.25) is 0 Å². The summed E-state index contributed by atoms with van der Waals surface area (Å²) in [7, 11) is 1.35. The smallest absolute Gasteiger partial charge is 0.259 e. The maximum Gasteiger partial charge on any atom is 0.259 e. The van der Waals surface area contributed by atoms with E-state index in [4.69, 9.17) is 14.3 Å². The lowest BCUT2D eigenvalue weighted by Gasteiger charge is -2.28. The van der Waals surface area contributed by atoms with Gasteiger partial charge < -0.3 is 19.9 Å². The Morgan fingerprint density at radius 1 is 1.10 bits per heavy atom. The zero-order valence-electron chi connectivity index (χ0n) is 23.8. The zero-order chi connectivity index (χ0) is 30.3. The highest BCUT2D eigenvalue weighted by Crippen LogP contribution is 2.56. The van der Waals surface area contributed by atoms with Crippen LogP contribution in [0, 0.1) is 6.92 Å². The molecule has 10 nitrogen and oxygen atoms in total. The van der Waals surface area contributed by atoms with E-state index in [1.807, 2.05) is 43.3 Å². The first kappa shape index (κ1) is 28.6. The minimum Gasteiger partial charge on any atom is -0.507 e. The van der Waals surface area contributed by atoms with E-state index >= 15 is 0 Å². The summed E-state index contributed by atoms with van der Waals surface area (Å²) in [6.45, 7) is 6.19. The van der Waals surface area contributed by atoms with Gasteiger partial charge in [-0.3, -0.25) is 29.5 Å². The standard InChI is InChI=1S/C32H30N2O8/c1-16-10-11-19-8-6-7-9-20(19)21(16)14-33-31(39)27-24(40-5)12-23(37)28-29(27)42-25-13-22(36)26(30(38)32(25,28)4)18(3)34-41-15-17(2)35/h6-13,34,37H,14-15H2,1-5H3,(H,33,39)/b26-18+/t32-/m1/s1. The summed E-state index contributed by atoms with van der Waals surface area (Å²) >= 11 is 0. The summed E-state index contributed by atoms with van der Waals surface area (Å²) in [4.78, 5) is 57.0. The number of Topliss-reactive ketones (excluding diaryl/α,β-unsaturated/α-hetero) is 2. The summed E-state index contributed by atoms with van der Waals surface area (Å²) < 4.78 is 11.5. The van der Waals surface area contributed by atoms with E-state index in [1.165, 1.54) is 33.9 Å². The van der Waals surface area contributed by atoms with Crippen molar-refractivity contribution < 1.29 is 38.6 Å². The second kappa shape index (κ2) is 10.8. The molecule has 1 amide bonds. The summed E-state index contributed by atoms with van der Waals surface area (Å²) in [5, 5.41) is 16.0. The number of carbonyl (C=O) groups excluding carboxylic acids is 4. The molecule has 0 saturated heterocycles. The number of rotatable bonds is 8. The highest BCUT2D eigenvalue weighted by atomic mass is 16.6. The van der Waals surface area contributed by atoms with Crippen LogP contribution in [0.4, 0.5) is 0 Å². The number of phenolic OH excluding ortho intramolecular Hbond substituents is 1. The maximum atomic E-state index is 13.9. The molecule has 2 aliphatic rings. The topological polar surface area (TPSA) is 140 Å².